The Hall–Kier alpha value is -2.10. The van der Waals surface area contributed by atoms with E-state index in [-0.39, 0.29) is 0 Å². The smallest absolute Gasteiger partial charge is 0.0991 e. The van der Waals surface area contributed by atoms with Gasteiger partial charge in [0.05, 0.1) is 12.5 Å². The maximum atomic E-state index is 8.33. The number of benzene rings is 1. The topological polar surface area (TPSA) is 50.4 Å². The van der Waals surface area contributed by atoms with E-state index in [1.54, 1.807) is 12.5 Å². The second-order valence-electron chi connectivity index (χ2n) is 2.81. The summed E-state index contributed by atoms with van der Waals surface area (Å²) in [4.78, 5) is 3.95. The highest BCUT2D eigenvalue weighted by atomic mass is 16.4. The Morgan fingerprint density at radius 2 is 2.07 bits per heavy atom. The fraction of sp³-hybridized carbons (Fsp3) is 0. The summed E-state index contributed by atoms with van der Waals surface area (Å²) in [7, 11) is 0. The van der Waals surface area contributed by atoms with E-state index >= 15 is 0 Å². The van der Waals surface area contributed by atoms with Crippen LogP contribution in [0, 0.1) is 0 Å². The molecular weight excluding hydrogens is 178 g/mol. The number of rotatable bonds is 2. The molecule has 4 nitrogen and oxygen atoms in total. The van der Waals surface area contributed by atoms with E-state index in [1.807, 2.05) is 35.0 Å². The summed E-state index contributed by atoms with van der Waals surface area (Å²) in [6, 6.07) is 7.60. The lowest BCUT2D eigenvalue weighted by Crippen LogP contribution is -1.90. The summed E-state index contributed by atoms with van der Waals surface area (Å²) in [6.45, 7) is 0. The zero-order valence-corrected chi connectivity index (χ0v) is 7.41. The van der Waals surface area contributed by atoms with Gasteiger partial charge >= 0.3 is 0 Å². The van der Waals surface area contributed by atoms with Crippen LogP contribution >= 0.6 is 0 Å². The fourth-order valence-electron chi connectivity index (χ4n) is 1.21. The van der Waals surface area contributed by atoms with E-state index in [1.165, 1.54) is 6.21 Å². The lowest BCUT2D eigenvalue weighted by Gasteiger charge is -2.00. The lowest BCUT2D eigenvalue weighted by atomic mass is 10.2. The van der Waals surface area contributed by atoms with Gasteiger partial charge in [-0.25, -0.2) is 4.98 Å². The van der Waals surface area contributed by atoms with Gasteiger partial charge in [0.25, 0.3) is 0 Å². The molecular formula is C10H9N3O. The Morgan fingerprint density at radius 3 is 2.64 bits per heavy atom. The normalized spacial score (nSPS) is 10.9. The molecule has 0 bridgehead atoms. The number of hydrogen-bond acceptors (Lipinski definition) is 3. The summed E-state index contributed by atoms with van der Waals surface area (Å²) in [5, 5.41) is 11.3. The highest BCUT2D eigenvalue weighted by molar-refractivity contribution is 5.79. The standard InChI is InChI=1S/C10H9N3O/c14-12-7-9-1-3-10(4-2-9)13-6-5-11-8-13/h1-8,14H. The Bertz CT molecular complexity index is 417. The van der Waals surface area contributed by atoms with Gasteiger partial charge in [-0.15, -0.1) is 0 Å². The fourth-order valence-corrected chi connectivity index (χ4v) is 1.21. The lowest BCUT2D eigenvalue weighted by molar-refractivity contribution is 0.322. The maximum Gasteiger partial charge on any atom is 0.0991 e. The first-order chi connectivity index (χ1) is 6.90. The van der Waals surface area contributed by atoms with Crippen LogP contribution in [0.15, 0.2) is 48.1 Å². The maximum absolute atomic E-state index is 8.33. The second-order valence-corrected chi connectivity index (χ2v) is 2.81. The van der Waals surface area contributed by atoms with Crippen molar-refractivity contribution in [3.63, 3.8) is 0 Å². The molecule has 0 aliphatic rings. The van der Waals surface area contributed by atoms with Crippen molar-refractivity contribution in [1.29, 1.82) is 0 Å². The zero-order valence-electron chi connectivity index (χ0n) is 7.41. The van der Waals surface area contributed by atoms with Crippen LogP contribution in [0.3, 0.4) is 0 Å². The molecule has 2 aromatic rings. The summed E-state index contributed by atoms with van der Waals surface area (Å²) in [5.74, 6) is 0. The van der Waals surface area contributed by atoms with E-state index < -0.39 is 0 Å². The van der Waals surface area contributed by atoms with E-state index in [4.69, 9.17) is 5.21 Å². The molecule has 1 N–H and O–H groups in total. The average molecular weight is 187 g/mol. The van der Waals surface area contributed by atoms with Crippen molar-refractivity contribution in [2.24, 2.45) is 5.16 Å². The summed E-state index contributed by atoms with van der Waals surface area (Å²) >= 11 is 0. The molecule has 4 heteroatoms. The van der Waals surface area contributed by atoms with Gasteiger partial charge < -0.3 is 9.77 Å². The Morgan fingerprint density at radius 1 is 1.29 bits per heavy atom. The minimum atomic E-state index is 0.858. The monoisotopic (exact) mass is 187 g/mol. The number of hydrogen-bond donors (Lipinski definition) is 1. The molecule has 0 fully saturated rings. The average Bonchev–Trinajstić information content (AvgIpc) is 2.72. The quantitative estimate of drug-likeness (QED) is 0.441. The van der Waals surface area contributed by atoms with E-state index in [0.29, 0.717) is 0 Å². The highest BCUT2D eigenvalue weighted by Crippen LogP contribution is 2.07. The first-order valence-corrected chi connectivity index (χ1v) is 4.16. The third-order valence-corrected chi connectivity index (χ3v) is 1.90. The van der Waals surface area contributed by atoms with Crippen molar-refractivity contribution in [1.82, 2.24) is 9.55 Å². The van der Waals surface area contributed by atoms with E-state index in [0.717, 1.165) is 11.3 Å². The third kappa shape index (κ3) is 1.64. The van der Waals surface area contributed by atoms with Crippen LogP contribution in [-0.2, 0) is 0 Å². The van der Waals surface area contributed by atoms with Crippen molar-refractivity contribution in [2.75, 3.05) is 0 Å². The Kier molecular flexibility index (Phi) is 2.27. The SMILES string of the molecule is ON=Cc1ccc(-n2ccnc2)cc1. The molecule has 0 aliphatic heterocycles. The number of oxime groups is 1. The Balaban J connectivity index is 2.31. The molecule has 0 atom stereocenters. The van der Waals surface area contributed by atoms with Crippen molar-refractivity contribution in [2.45, 2.75) is 0 Å². The van der Waals surface area contributed by atoms with Gasteiger partial charge in [-0.05, 0) is 17.7 Å². The summed E-state index contributed by atoms with van der Waals surface area (Å²) in [6.07, 6.45) is 6.71. The molecule has 70 valence electrons. The third-order valence-electron chi connectivity index (χ3n) is 1.90. The minimum absolute atomic E-state index is 0.858. The van der Waals surface area contributed by atoms with Gasteiger partial charge in [0, 0.05) is 18.1 Å². The predicted octanol–water partition coefficient (Wildman–Crippen LogP) is 1.68. The first-order valence-electron chi connectivity index (χ1n) is 4.16. The first kappa shape index (κ1) is 8.50. The molecule has 1 aromatic carbocycles. The molecule has 0 radical (unpaired) electrons. The van der Waals surface area contributed by atoms with Crippen LogP contribution in [-0.4, -0.2) is 21.0 Å². The number of nitrogens with zero attached hydrogens (tertiary/aromatic N) is 3. The minimum Gasteiger partial charge on any atom is -0.411 e. The second kappa shape index (κ2) is 3.74. The van der Waals surface area contributed by atoms with Gasteiger partial charge in [-0.1, -0.05) is 17.3 Å². The molecule has 0 unspecified atom stereocenters. The molecule has 1 aromatic heterocycles. The van der Waals surface area contributed by atoms with Crippen LogP contribution < -0.4 is 0 Å². The molecule has 0 amide bonds. The van der Waals surface area contributed by atoms with E-state index in [2.05, 4.69) is 10.1 Å². The molecule has 0 spiro atoms. The van der Waals surface area contributed by atoms with Crippen LogP contribution in [0.1, 0.15) is 5.56 Å². The molecule has 0 aliphatic carbocycles. The Labute approximate surface area is 81.1 Å². The molecule has 0 saturated carbocycles. The van der Waals surface area contributed by atoms with Crippen molar-refractivity contribution >= 4 is 6.21 Å². The van der Waals surface area contributed by atoms with Gasteiger partial charge in [-0.3, -0.25) is 0 Å². The highest BCUT2D eigenvalue weighted by Gasteiger charge is 1.94. The number of imidazole rings is 1. The zero-order chi connectivity index (χ0) is 9.80. The van der Waals surface area contributed by atoms with Crippen LogP contribution in [0.25, 0.3) is 5.69 Å². The van der Waals surface area contributed by atoms with Crippen molar-refractivity contribution < 1.29 is 5.21 Å². The molecule has 1 heterocycles. The van der Waals surface area contributed by atoms with Gasteiger partial charge in [-0.2, -0.15) is 0 Å². The molecule has 14 heavy (non-hydrogen) atoms. The number of aromatic nitrogens is 2. The van der Waals surface area contributed by atoms with Gasteiger partial charge in [0.2, 0.25) is 0 Å². The van der Waals surface area contributed by atoms with Crippen molar-refractivity contribution in [3.05, 3.63) is 48.5 Å². The van der Waals surface area contributed by atoms with Crippen molar-refractivity contribution in [3.8, 4) is 5.69 Å². The molecule has 0 saturated heterocycles. The van der Waals surface area contributed by atoms with Crippen LogP contribution in [0.4, 0.5) is 0 Å². The van der Waals surface area contributed by atoms with Crippen LogP contribution in [0.2, 0.25) is 0 Å². The van der Waals surface area contributed by atoms with Gasteiger partial charge in [0.15, 0.2) is 0 Å². The predicted molar refractivity (Wildman–Crippen MR) is 52.9 cm³/mol. The van der Waals surface area contributed by atoms with Crippen LogP contribution in [0.5, 0.6) is 0 Å². The largest absolute Gasteiger partial charge is 0.411 e. The summed E-state index contributed by atoms with van der Waals surface area (Å²) < 4.78 is 1.90. The van der Waals surface area contributed by atoms with E-state index in [9.17, 15) is 0 Å². The summed E-state index contributed by atoms with van der Waals surface area (Å²) in [5.41, 5.74) is 1.88. The molecule has 2 rings (SSSR count). The van der Waals surface area contributed by atoms with Gasteiger partial charge in [0.1, 0.15) is 0 Å².